The molecule has 5 heteroatoms. The quantitative estimate of drug-likeness (QED) is 0.162. The molecule has 0 amide bonds. The van der Waals surface area contributed by atoms with E-state index in [1.807, 2.05) is 114 Å². The van der Waals surface area contributed by atoms with E-state index in [4.69, 9.17) is 18.2 Å². The van der Waals surface area contributed by atoms with Gasteiger partial charge in [0.1, 0.15) is 11.6 Å². The Balaban J connectivity index is 0.00000711. The number of aromatic hydroxyl groups is 1. The molecule has 0 fully saturated rings. The topological polar surface area (TPSA) is 50.9 Å². The Labute approximate surface area is 420 Å². The van der Waals surface area contributed by atoms with Crippen LogP contribution in [-0.2, 0) is 37.3 Å². The number of nitrogens with zero attached hydrogens (tertiary/aromatic N) is 3. The third-order valence-corrected chi connectivity index (χ3v) is 12.6. The van der Waals surface area contributed by atoms with Crippen molar-refractivity contribution in [3.8, 4) is 78.6 Å². The second kappa shape index (κ2) is 18.0. The minimum atomic E-state index is -2.51. The molecule has 4 nitrogen and oxygen atoms in total. The van der Waals surface area contributed by atoms with Crippen molar-refractivity contribution < 1.29 is 34.4 Å². The van der Waals surface area contributed by atoms with E-state index in [9.17, 15) is 5.11 Å². The van der Waals surface area contributed by atoms with Gasteiger partial charge >= 0.3 is 0 Å². The van der Waals surface area contributed by atoms with Crippen molar-refractivity contribution in [2.45, 2.75) is 92.3 Å². The maximum Gasteiger partial charge on any atom is 0.148 e. The van der Waals surface area contributed by atoms with Crippen molar-refractivity contribution in [2.24, 2.45) is 0 Å². The Morgan fingerprint density at radius 3 is 1.87 bits per heavy atom. The van der Waals surface area contributed by atoms with E-state index in [-0.39, 0.29) is 48.8 Å². The fourth-order valence-corrected chi connectivity index (χ4v) is 8.79. The second-order valence-corrected chi connectivity index (χ2v) is 20.5. The predicted octanol–water partition coefficient (Wildman–Crippen LogP) is 16.4. The van der Waals surface area contributed by atoms with Crippen molar-refractivity contribution in [3.05, 3.63) is 192 Å². The van der Waals surface area contributed by atoms with E-state index in [1.54, 1.807) is 24.4 Å². The summed E-state index contributed by atoms with van der Waals surface area (Å²) in [7, 11) is 0. The maximum absolute atomic E-state index is 12.4. The number of benzene rings is 7. The number of rotatable bonds is 7. The van der Waals surface area contributed by atoms with Crippen LogP contribution in [0.25, 0.3) is 83.9 Å². The summed E-state index contributed by atoms with van der Waals surface area (Å²) in [6, 6.07) is 52.6. The summed E-state index contributed by atoms with van der Waals surface area (Å²) >= 11 is 0. The third kappa shape index (κ3) is 9.34. The molecule has 2 heterocycles. The van der Waals surface area contributed by atoms with E-state index >= 15 is 0 Å². The molecule has 1 N–H and O–H groups in total. The van der Waals surface area contributed by atoms with Gasteiger partial charge in [0, 0.05) is 46.7 Å². The minimum Gasteiger partial charge on any atom is -0.507 e. The number of hydrogen-bond acceptors (Lipinski definition) is 3. The van der Waals surface area contributed by atoms with Crippen LogP contribution in [0.15, 0.2) is 158 Å². The van der Waals surface area contributed by atoms with Gasteiger partial charge in [0.25, 0.3) is 0 Å². The average molecular weight is 1060 g/mol. The Hall–Kier alpha value is -6.35. The summed E-state index contributed by atoms with van der Waals surface area (Å²) in [5.74, 6) is 0.543. The Bertz CT molecular complexity index is 3480. The summed E-state index contributed by atoms with van der Waals surface area (Å²) in [4.78, 5) is 10.4. The fraction of sp³-hybridized carbons (Fsp3) is 0.226. The van der Waals surface area contributed by atoms with Crippen molar-refractivity contribution in [2.75, 3.05) is 0 Å². The zero-order chi connectivity index (χ0) is 51.7. The Morgan fingerprint density at radius 1 is 0.537 bits per heavy atom. The van der Waals surface area contributed by atoms with Crippen LogP contribution in [0.4, 0.5) is 0 Å². The van der Waals surface area contributed by atoms with Crippen molar-refractivity contribution in [1.82, 2.24) is 14.5 Å². The fourth-order valence-electron chi connectivity index (χ4n) is 8.79. The molecule has 0 bridgehead atoms. The van der Waals surface area contributed by atoms with Crippen LogP contribution < -0.4 is 0 Å². The number of imidazole rings is 1. The van der Waals surface area contributed by atoms with Crippen LogP contribution >= 0.6 is 0 Å². The Morgan fingerprint density at radius 2 is 1.19 bits per heavy atom. The minimum absolute atomic E-state index is 0. The SMILES string of the molecule is [2H]C([2H])([2H])c1ccc(-c2ccnc(-c3[c-]c(-c4cccc5c4nc(-c4cccc(C(C)(C)C)c4O)n5-c4cc(C([2H])([2H])[2H])c(-c5ccc(C(C)(C)C)cc5)cc4-c4ccccc4)cc(C(C)(C)C)c3)c2)cc1.[Pt]. The molecule has 0 saturated heterocycles. The number of fused-ring (bicyclic) bond motifs is 1. The first-order chi connectivity index (χ1) is 33.8. The zero-order valence-corrected chi connectivity index (χ0v) is 41.9. The van der Waals surface area contributed by atoms with Gasteiger partial charge in [-0.2, -0.15) is 0 Å². The summed E-state index contributed by atoms with van der Waals surface area (Å²) in [5, 5.41) is 12.4. The number of phenols is 1. The molecular formula is C62H60N3OPt-. The molecule has 340 valence electrons. The molecule has 7 aromatic carbocycles. The summed E-state index contributed by atoms with van der Waals surface area (Å²) in [6.45, 7) is 14.5. The van der Waals surface area contributed by atoms with Gasteiger partial charge < -0.3 is 5.11 Å². The van der Waals surface area contributed by atoms with E-state index in [0.717, 1.165) is 61.2 Å². The molecule has 0 aliphatic rings. The van der Waals surface area contributed by atoms with E-state index in [2.05, 4.69) is 92.6 Å². The maximum atomic E-state index is 12.4. The van der Waals surface area contributed by atoms with Gasteiger partial charge in [0.15, 0.2) is 0 Å². The summed E-state index contributed by atoms with van der Waals surface area (Å²) in [5.41, 5.74) is 12.9. The van der Waals surface area contributed by atoms with Crippen LogP contribution in [0.1, 0.15) is 98.4 Å². The first-order valence-corrected chi connectivity index (χ1v) is 22.6. The third-order valence-electron chi connectivity index (χ3n) is 12.6. The second-order valence-electron chi connectivity index (χ2n) is 20.5. The van der Waals surface area contributed by atoms with Crippen LogP contribution in [-0.4, -0.2) is 19.6 Å². The molecule has 0 aliphatic carbocycles. The van der Waals surface area contributed by atoms with Crippen LogP contribution in [0.3, 0.4) is 0 Å². The Kier molecular flexibility index (Phi) is 10.7. The summed E-state index contributed by atoms with van der Waals surface area (Å²) < 4.78 is 52.8. The van der Waals surface area contributed by atoms with Crippen LogP contribution in [0.2, 0.25) is 0 Å². The molecule has 9 rings (SSSR count). The van der Waals surface area contributed by atoms with Crippen LogP contribution in [0.5, 0.6) is 5.75 Å². The number of hydrogen-bond donors (Lipinski definition) is 1. The zero-order valence-electron chi connectivity index (χ0n) is 45.6. The van der Waals surface area contributed by atoms with Gasteiger partial charge in [-0.05, 0) is 105 Å². The van der Waals surface area contributed by atoms with Crippen molar-refractivity contribution in [3.63, 3.8) is 0 Å². The number of aryl methyl sites for hydroxylation is 2. The molecule has 0 radical (unpaired) electrons. The first-order valence-electron chi connectivity index (χ1n) is 25.6. The van der Waals surface area contributed by atoms with Crippen molar-refractivity contribution >= 4 is 11.0 Å². The standard InChI is InChI=1S/C62H60N3O.Pt/c1-39-23-25-41(26-24-39)44-31-32-63-54(37-44)46-34-45(35-48(36-46)61(6,7)8)49-19-16-22-55-57(49)64-59(50-20-15-21-53(58(50)66)62(9,10)11)65(55)56-33-40(2)51(38-52(56)42-17-13-12-14-18-42)43-27-29-47(30-28-43)60(3,4)5;/h12-33,35-38,66H,1-11H3;/q-1;/i1D3,2D3;. The predicted molar refractivity (Wildman–Crippen MR) is 278 cm³/mol. The molecule has 9 aromatic rings. The molecular weight excluding hydrogens is 998 g/mol. The molecule has 0 unspecified atom stereocenters. The molecule has 0 spiro atoms. The van der Waals surface area contributed by atoms with E-state index in [1.165, 1.54) is 0 Å². The number of aromatic nitrogens is 3. The number of para-hydroxylation sites is 2. The van der Waals surface area contributed by atoms with E-state index in [0.29, 0.717) is 39.4 Å². The van der Waals surface area contributed by atoms with Gasteiger partial charge in [0.05, 0.1) is 22.3 Å². The van der Waals surface area contributed by atoms with Gasteiger partial charge in [-0.1, -0.05) is 188 Å². The average Bonchev–Trinajstić information content (AvgIpc) is 3.72. The van der Waals surface area contributed by atoms with Gasteiger partial charge in [0.2, 0.25) is 0 Å². The largest absolute Gasteiger partial charge is 0.507 e. The van der Waals surface area contributed by atoms with Crippen LogP contribution in [0, 0.1) is 19.8 Å². The summed E-state index contributed by atoms with van der Waals surface area (Å²) in [6.07, 6.45) is 1.76. The van der Waals surface area contributed by atoms with Gasteiger partial charge in [-0.3, -0.25) is 9.55 Å². The number of phenolic OH excluding ortho intramolecular Hbond substituents is 1. The normalized spacial score (nSPS) is 13.7. The van der Waals surface area contributed by atoms with Gasteiger partial charge in [-0.15, -0.1) is 29.3 Å². The molecule has 0 atom stereocenters. The molecule has 2 aromatic heterocycles. The number of pyridine rings is 1. The molecule has 67 heavy (non-hydrogen) atoms. The molecule has 0 saturated carbocycles. The molecule has 0 aliphatic heterocycles. The van der Waals surface area contributed by atoms with Gasteiger partial charge in [-0.25, -0.2) is 4.98 Å². The monoisotopic (exact) mass is 1060 g/mol. The van der Waals surface area contributed by atoms with Crippen molar-refractivity contribution in [1.29, 1.82) is 0 Å². The first kappa shape index (κ1) is 39.8. The smallest absolute Gasteiger partial charge is 0.148 e. The van der Waals surface area contributed by atoms with E-state index < -0.39 is 19.1 Å².